The van der Waals surface area contributed by atoms with Crippen LogP contribution in [0.1, 0.15) is 22.4 Å². The van der Waals surface area contributed by atoms with E-state index in [2.05, 4.69) is 19.9 Å². The van der Waals surface area contributed by atoms with Crippen LogP contribution in [0.4, 0.5) is 5.82 Å². The fourth-order valence-corrected chi connectivity index (χ4v) is 3.59. The monoisotopic (exact) mass is 504 g/mol. The molecule has 1 aromatic carbocycles. The van der Waals surface area contributed by atoms with Crippen molar-refractivity contribution in [2.24, 2.45) is 0 Å². The third-order valence-electron chi connectivity index (χ3n) is 5.18. The van der Waals surface area contributed by atoms with Gasteiger partial charge in [-0.15, -0.1) is 24.8 Å². The Hall–Kier alpha value is -4.07. The lowest BCUT2D eigenvalue weighted by Gasteiger charge is -2.12. The quantitative estimate of drug-likeness (QED) is 0.370. The van der Waals surface area contributed by atoms with Crippen LogP contribution >= 0.6 is 24.8 Å². The summed E-state index contributed by atoms with van der Waals surface area (Å²) < 4.78 is 1.62. The molecule has 7 nitrogen and oxygen atoms in total. The molecule has 5 rings (SSSR count). The van der Waals surface area contributed by atoms with Gasteiger partial charge in [0.15, 0.2) is 5.65 Å². The van der Waals surface area contributed by atoms with Gasteiger partial charge in [-0.2, -0.15) is 0 Å². The number of fused-ring (bicyclic) bond motifs is 1. The number of nitrogens with zero attached hydrogens (tertiary/aromatic N) is 5. The normalized spacial score (nSPS) is 10.6. The van der Waals surface area contributed by atoms with Gasteiger partial charge >= 0.3 is 0 Å². The minimum Gasteiger partial charge on any atom is -0.384 e. The number of hydrogen-bond donors (Lipinski definition) is 1. The maximum atomic E-state index is 13.5. The fraction of sp³-hybridized carbons (Fsp3) is 0.0385. The zero-order chi connectivity index (χ0) is 22.6. The first kappa shape index (κ1) is 25.6. The molecule has 0 amide bonds. The number of nitrogen functional groups attached to an aromatic ring is 1. The maximum Gasteiger partial charge on any atom is 0.278 e. The molecule has 0 saturated carbocycles. The van der Waals surface area contributed by atoms with Crippen LogP contribution in [0, 0.1) is 0 Å². The molecular formula is C26H22Cl2N6O. The number of nitrogens with two attached hydrogens (primary N) is 1. The molecule has 0 radical (unpaired) electrons. The van der Waals surface area contributed by atoms with Gasteiger partial charge < -0.3 is 5.73 Å². The second-order valence-corrected chi connectivity index (χ2v) is 7.53. The van der Waals surface area contributed by atoms with E-state index < -0.39 is 0 Å². The van der Waals surface area contributed by atoms with Crippen molar-refractivity contribution in [2.75, 3.05) is 5.73 Å². The summed E-state index contributed by atoms with van der Waals surface area (Å²) in [5.74, 6) is 0.479. The molecule has 176 valence electrons. The number of anilines is 1. The number of benzene rings is 1. The van der Waals surface area contributed by atoms with Crippen LogP contribution in [0.15, 0.2) is 90.2 Å². The summed E-state index contributed by atoms with van der Waals surface area (Å²) in [6.07, 6.45) is 11.1. The Morgan fingerprint density at radius 3 is 2.46 bits per heavy atom. The Bertz CT molecular complexity index is 1520. The average Bonchev–Trinajstić information content (AvgIpc) is 2.85. The molecule has 0 aliphatic carbocycles. The lowest BCUT2D eigenvalue weighted by molar-refractivity contribution is 0.924. The largest absolute Gasteiger partial charge is 0.384 e. The van der Waals surface area contributed by atoms with Gasteiger partial charge in [0.2, 0.25) is 0 Å². The summed E-state index contributed by atoms with van der Waals surface area (Å²) >= 11 is 0. The van der Waals surface area contributed by atoms with E-state index in [0.717, 1.165) is 22.4 Å². The van der Waals surface area contributed by atoms with Gasteiger partial charge in [-0.1, -0.05) is 30.4 Å². The smallest absolute Gasteiger partial charge is 0.278 e. The molecule has 0 bridgehead atoms. The summed E-state index contributed by atoms with van der Waals surface area (Å²) in [5, 5.41) is 0. The average molecular weight is 505 g/mol. The maximum absolute atomic E-state index is 13.5. The van der Waals surface area contributed by atoms with Gasteiger partial charge in [0, 0.05) is 31.2 Å². The van der Waals surface area contributed by atoms with Gasteiger partial charge in [0.1, 0.15) is 17.0 Å². The van der Waals surface area contributed by atoms with E-state index in [1.54, 1.807) is 35.4 Å². The molecule has 0 aliphatic rings. The second-order valence-electron chi connectivity index (χ2n) is 7.53. The number of aromatic nitrogens is 5. The molecule has 9 heteroatoms. The van der Waals surface area contributed by atoms with Crippen molar-refractivity contribution in [3.8, 4) is 5.69 Å². The van der Waals surface area contributed by atoms with E-state index in [-0.39, 0.29) is 30.4 Å². The zero-order valence-electron chi connectivity index (χ0n) is 18.5. The predicted molar refractivity (Wildman–Crippen MR) is 144 cm³/mol. The van der Waals surface area contributed by atoms with Crippen LogP contribution in [-0.4, -0.2) is 24.5 Å². The van der Waals surface area contributed by atoms with Crippen molar-refractivity contribution in [1.29, 1.82) is 0 Å². The lowest BCUT2D eigenvalue weighted by Crippen LogP contribution is -2.25. The standard InChI is InChI=1S/C26H20N6O.2ClH/c27-24-11-10-19(17-30-24)9-8-18-4-1-6-21(14-18)32-25-22(7-3-13-29-25)31-23(26(32)33)15-20-5-2-12-28-16-20;;/h1-14,16-17H,15H2,(H2,27,30);2*1H/b9-8+;;. The van der Waals surface area contributed by atoms with Gasteiger partial charge in [0.25, 0.3) is 5.56 Å². The molecule has 4 aromatic heterocycles. The van der Waals surface area contributed by atoms with Gasteiger partial charge in [-0.25, -0.2) is 15.0 Å². The number of pyridine rings is 3. The Labute approximate surface area is 214 Å². The fourth-order valence-electron chi connectivity index (χ4n) is 3.59. The Kier molecular flexibility index (Phi) is 8.30. The first-order valence-corrected chi connectivity index (χ1v) is 10.4. The van der Waals surface area contributed by atoms with E-state index in [1.165, 1.54) is 0 Å². The van der Waals surface area contributed by atoms with E-state index in [0.29, 0.717) is 29.1 Å². The Balaban J connectivity index is 0.00000171. The lowest BCUT2D eigenvalue weighted by atomic mass is 10.1. The summed E-state index contributed by atoms with van der Waals surface area (Å²) in [4.78, 5) is 30.8. The van der Waals surface area contributed by atoms with Gasteiger partial charge in [-0.05, 0) is 59.2 Å². The number of halogens is 2. The van der Waals surface area contributed by atoms with Crippen LogP contribution in [0.25, 0.3) is 29.0 Å². The highest BCUT2D eigenvalue weighted by Gasteiger charge is 2.14. The van der Waals surface area contributed by atoms with Crippen molar-refractivity contribution in [3.63, 3.8) is 0 Å². The molecule has 2 N–H and O–H groups in total. The van der Waals surface area contributed by atoms with Crippen molar-refractivity contribution in [2.45, 2.75) is 6.42 Å². The summed E-state index contributed by atoms with van der Waals surface area (Å²) in [7, 11) is 0. The number of hydrogen-bond acceptors (Lipinski definition) is 6. The topological polar surface area (TPSA) is 99.6 Å². The zero-order valence-corrected chi connectivity index (χ0v) is 20.1. The molecule has 0 fully saturated rings. The van der Waals surface area contributed by atoms with Crippen LogP contribution in [0.5, 0.6) is 0 Å². The molecule has 0 atom stereocenters. The van der Waals surface area contributed by atoms with Crippen LogP contribution < -0.4 is 11.3 Å². The second kappa shape index (κ2) is 11.4. The highest BCUT2D eigenvalue weighted by Crippen LogP contribution is 2.17. The van der Waals surface area contributed by atoms with E-state index in [4.69, 9.17) is 5.73 Å². The molecule has 0 saturated heterocycles. The summed E-state index contributed by atoms with van der Waals surface area (Å²) in [6, 6.07) is 18.9. The highest BCUT2D eigenvalue weighted by molar-refractivity contribution is 5.85. The molecule has 35 heavy (non-hydrogen) atoms. The Morgan fingerprint density at radius 2 is 1.69 bits per heavy atom. The Morgan fingerprint density at radius 1 is 0.857 bits per heavy atom. The minimum absolute atomic E-state index is 0. The molecule has 0 unspecified atom stereocenters. The molecular weight excluding hydrogens is 483 g/mol. The van der Waals surface area contributed by atoms with Crippen molar-refractivity contribution >= 4 is 53.9 Å². The van der Waals surface area contributed by atoms with Crippen LogP contribution in [-0.2, 0) is 6.42 Å². The first-order valence-electron chi connectivity index (χ1n) is 10.4. The van der Waals surface area contributed by atoms with Crippen molar-refractivity contribution < 1.29 is 0 Å². The first-order chi connectivity index (χ1) is 16.2. The van der Waals surface area contributed by atoms with Gasteiger partial charge in [-0.3, -0.25) is 14.3 Å². The molecule has 0 aliphatic heterocycles. The SMILES string of the molecule is Cl.Cl.Nc1ccc(/C=C/c2cccc(-n3c(=O)c(Cc4cccnc4)nc4cccnc43)c2)cn1. The third kappa shape index (κ3) is 5.71. The van der Waals surface area contributed by atoms with Crippen molar-refractivity contribution in [1.82, 2.24) is 24.5 Å². The summed E-state index contributed by atoms with van der Waals surface area (Å²) in [5.41, 5.74) is 10.6. The third-order valence-corrected chi connectivity index (χ3v) is 5.18. The molecule has 0 spiro atoms. The molecule has 5 aromatic rings. The van der Waals surface area contributed by atoms with Crippen LogP contribution in [0.2, 0.25) is 0 Å². The molecule has 4 heterocycles. The van der Waals surface area contributed by atoms with E-state index >= 15 is 0 Å². The minimum atomic E-state index is -0.200. The highest BCUT2D eigenvalue weighted by atomic mass is 35.5. The predicted octanol–water partition coefficient (Wildman–Crippen LogP) is 4.76. The van der Waals surface area contributed by atoms with Gasteiger partial charge in [0.05, 0.1) is 5.69 Å². The summed E-state index contributed by atoms with van der Waals surface area (Å²) in [6.45, 7) is 0. The van der Waals surface area contributed by atoms with E-state index in [9.17, 15) is 4.79 Å². The van der Waals surface area contributed by atoms with E-state index in [1.807, 2.05) is 66.7 Å². The van der Waals surface area contributed by atoms with Crippen molar-refractivity contribution in [3.05, 3.63) is 118 Å². The number of rotatable bonds is 5. The van der Waals surface area contributed by atoms with Crippen LogP contribution in [0.3, 0.4) is 0 Å².